The lowest BCUT2D eigenvalue weighted by molar-refractivity contribution is 0.443. The lowest BCUT2D eigenvalue weighted by Crippen LogP contribution is -2.34. The van der Waals surface area contributed by atoms with Crippen LogP contribution in [0.1, 0.15) is 32.3 Å². The van der Waals surface area contributed by atoms with Gasteiger partial charge in [-0.25, -0.2) is 4.39 Å². The van der Waals surface area contributed by atoms with Crippen LogP contribution in [0.3, 0.4) is 0 Å². The van der Waals surface area contributed by atoms with Crippen molar-refractivity contribution in [3.05, 3.63) is 34.6 Å². The van der Waals surface area contributed by atoms with Crippen LogP contribution in [-0.2, 0) is 5.41 Å². The van der Waals surface area contributed by atoms with E-state index in [9.17, 15) is 4.39 Å². The van der Waals surface area contributed by atoms with E-state index in [0.717, 1.165) is 13.0 Å². The largest absolute Gasteiger partial charge is 0.316 e. The number of rotatable bonds is 6. The summed E-state index contributed by atoms with van der Waals surface area (Å²) in [6, 6.07) is 6.72. The average molecular weight is 269 g/mol. The van der Waals surface area contributed by atoms with Gasteiger partial charge in [-0.15, -0.1) is 0 Å². The van der Waals surface area contributed by atoms with E-state index in [1.807, 2.05) is 13.8 Å². The van der Waals surface area contributed by atoms with Crippen molar-refractivity contribution in [1.82, 2.24) is 5.32 Å². The van der Waals surface area contributed by atoms with Crippen LogP contribution in [-0.4, -0.2) is 13.1 Å². The van der Waals surface area contributed by atoms with Crippen LogP contribution < -0.4 is 5.32 Å². The first-order valence-electron chi connectivity index (χ1n) is 6.00. The predicted octanol–water partition coefficient (Wildman–Crippen LogP) is 3.65. The molecule has 0 aliphatic heterocycles. The fraction of sp³-hybridized carbons (Fsp3) is 0.500. The molecule has 2 nitrogen and oxygen atoms in total. The first-order chi connectivity index (χ1) is 8.47. The van der Waals surface area contributed by atoms with Gasteiger partial charge in [-0.2, -0.15) is 5.26 Å². The molecular weight excluding hydrogens is 251 g/mol. The second-order valence-electron chi connectivity index (χ2n) is 4.95. The summed E-state index contributed by atoms with van der Waals surface area (Å²) in [7, 11) is 0. The molecule has 0 saturated carbocycles. The van der Waals surface area contributed by atoms with Crippen LogP contribution in [0.2, 0.25) is 5.02 Å². The number of nitriles is 1. The summed E-state index contributed by atoms with van der Waals surface area (Å²) in [6.45, 7) is 5.35. The number of hydrogen-bond donors (Lipinski definition) is 1. The Morgan fingerprint density at radius 1 is 1.44 bits per heavy atom. The van der Waals surface area contributed by atoms with Crippen molar-refractivity contribution >= 4 is 11.6 Å². The van der Waals surface area contributed by atoms with Gasteiger partial charge in [0.25, 0.3) is 0 Å². The first-order valence-corrected chi connectivity index (χ1v) is 6.38. The lowest BCUT2D eigenvalue weighted by Gasteiger charge is -2.26. The van der Waals surface area contributed by atoms with Crippen LogP contribution in [0.25, 0.3) is 0 Å². The van der Waals surface area contributed by atoms with Crippen molar-refractivity contribution in [2.24, 2.45) is 0 Å². The maximum atomic E-state index is 13.8. The van der Waals surface area contributed by atoms with Gasteiger partial charge in [0.15, 0.2) is 0 Å². The van der Waals surface area contributed by atoms with Gasteiger partial charge in [0, 0.05) is 23.4 Å². The molecule has 18 heavy (non-hydrogen) atoms. The van der Waals surface area contributed by atoms with Crippen molar-refractivity contribution in [2.75, 3.05) is 13.1 Å². The van der Waals surface area contributed by atoms with Gasteiger partial charge in [0.1, 0.15) is 5.82 Å². The Hall–Kier alpha value is -1.11. The molecule has 0 fully saturated rings. The van der Waals surface area contributed by atoms with Gasteiger partial charge in [0.05, 0.1) is 6.07 Å². The van der Waals surface area contributed by atoms with Crippen molar-refractivity contribution < 1.29 is 4.39 Å². The molecule has 0 unspecified atom stereocenters. The molecule has 0 amide bonds. The fourth-order valence-corrected chi connectivity index (χ4v) is 1.98. The molecular formula is C14H18ClFN2. The fourth-order valence-electron chi connectivity index (χ4n) is 1.80. The maximum Gasteiger partial charge on any atom is 0.127 e. The molecule has 1 aromatic carbocycles. The second kappa shape index (κ2) is 6.72. The van der Waals surface area contributed by atoms with E-state index >= 15 is 0 Å². The van der Waals surface area contributed by atoms with E-state index in [-0.39, 0.29) is 11.2 Å². The third-order valence-corrected chi connectivity index (χ3v) is 3.10. The quantitative estimate of drug-likeness (QED) is 0.800. The molecule has 0 atom stereocenters. The minimum atomic E-state index is -0.332. The van der Waals surface area contributed by atoms with Crippen molar-refractivity contribution in [3.63, 3.8) is 0 Å². The van der Waals surface area contributed by atoms with Gasteiger partial charge in [-0.05, 0) is 36.7 Å². The molecule has 0 saturated heterocycles. The zero-order chi connectivity index (χ0) is 13.6. The summed E-state index contributed by atoms with van der Waals surface area (Å²) in [5.74, 6) is -0.233. The zero-order valence-corrected chi connectivity index (χ0v) is 11.5. The molecule has 98 valence electrons. The molecule has 0 radical (unpaired) electrons. The van der Waals surface area contributed by atoms with Crippen molar-refractivity contribution in [2.45, 2.75) is 32.1 Å². The van der Waals surface area contributed by atoms with Gasteiger partial charge >= 0.3 is 0 Å². The summed E-state index contributed by atoms with van der Waals surface area (Å²) in [5, 5.41) is 12.2. The maximum absolute atomic E-state index is 13.8. The Kier molecular flexibility index (Phi) is 5.58. The van der Waals surface area contributed by atoms with E-state index in [2.05, 4.69) is 11.4 Å². The number of unbranched alkanes of at least 4 members (excludes halogenated alkanes) is 1. The van der Waals surface area contributed by atoms with Crippen LogP contribution in [0, 0.1) is 17.1 Å². The van der Waals surface area contributed by atoms with E-state index in [1.54, 1.807) is 12.1 Å². The number of benzene rings is 1. The Morgan fingerprint density at radius 2 is 2.17 bits per heavy atom. The highest BCUT2D eigenvalue weighted by Gasteiger charge is 2.23. The monoisotopic (exact) mass is 268 g/mol. The van der Waals surface area contributed by atoms with Crippen molar-refractivity contribution in [3.8, 4) is 6.07 Å². The molecule has 0 heterocycles. The zero-order valence-electron chi connectivity index (χ0n) is 10.8. The Bertz CT molecular complexity index is 438. The highest BCUT2D eigenvalue weighted by Crippen LogP contribution is 2.27. The third kappa shape index (κ3) is 4.29. The second-order valence-corrected chi connectivity index (χ2v) is 5.38. The molecule has 0 bridgehead atoms. The summed E-state index contributed by atoms with van der Waals surface area (Å²) in [6.07, 6.45) is 1.35. The molecule has 0 aromatic heterocycles. The number of hydrogen-bond acceptors (Lipinski definition) is 2. The summed E-state index contributed by atoms with van der Waals surface area (Å²) in [4.78, 5) is 0. The molecule has 1 aromatic rings. The average Bonchev–Trinajstić information content (AvgIpc) is 2.32. The Labute approximate surface area is 113 Å². The van der Waals surface area contributed by atoms with E-state index in [1.165, 1.54) is 6.07 Å². The molecule has 4 heteroatoms. The summed E-state index contributed by atoms with van der Waals surface area (Å²) < 4.78 is 13.8. The minimum Gasteiger partial charge on any atom is -0.316 e. The smallest absolute Gasteiger partial charge is 0.127 e. The molecule has 0 spiro atoms. The minimum absolute atomic E-state index is 0.233. The van der Waals surface area contributed by atoms with Gasteiger partial charge in [-0.3, -0.25) is 0 Å². The van der Waals surface area contributed by atoms with Crippen LogP contribution in [0.5, 0.6) is 0 Å². The van der Waals surface area contributed by atoms with Crippen LogP contribution in [0.15, 0.2) is 18.2 Å². The highest BCUT2D eigenvalue weighted by atomic mass is 35.5. The number of nitrogens with one attached hydrogen (secondary N) is 1. The summed E-state index contributed by atoms with van der Waals surface area (Å²) >= 11 is 5.90. The highest BCUT2D eigenvalue weighted by molar-refractivity contribution is 6.30. The molecule has 0 aliphatic rings. The molecule has 1 N–H and O–H groups in total. The normalized spacial score (nSPS) is 11.3. The number of halogens is 2. The van der Waals surface area contributed by atoms with Crippen LogP contribution in [0.4, 0.5) is 4.39 Å². The Balaban J connectivity index is 2.62. The van der Waals surface area contributed by atoms with E-state index in [0.29, 0.717) is 23.6 Å². The topological polar surface area (TPSA) is 35.8 Å². The molecule has 1 rings (SSSR count). The van der Waals surface area contributed by atoms with Gasteiger partial charge in [-0.1, -0.05) is 25.4 Å². The standard InChI is InChI=1S/C14H18ClFN2/c1-14(2,10-18-8-4-3-7-17)12-9-11(15)5-6-13(12)16/h5-6,9,18H,3-4,8,10H2,1-2H3. The van der Waals surface area contributed by atoms with E-state index < -0.39 is 0 Å². The van der Waals surface area contributed by atoms with Gasteiger partial charge in [0.2, 0.25) is 0 Å². The van der Waals surface area contributed by atoms with Gasteiger partial charge < -0.3 is 5.32 Å². The molecule has 0 aliphatic carbocycles. The van der Waals surface area contributed by atoms with E-state index in [4.69, 9.17) is 16.9 Å². The number of nitrogens with zero attached hydrogens (tertiary/aromatic N) is 1. The summed E-state index contributed by atoms with van der Waals surface area (Å²) in [5.41, 5.74) is 0.282. The predicted molar refractivity (Wildman–Crippen MR) is 72.2 cm³/mol. The lowest BCUT2D eigenvalue weighted by atomic mass is 9.84. The Morgan fingerprint density at radius 3 is 2.83 bits per heavy atom. The van der Waals surface area contributed by atoms with Crippen molar-refractivity contribution in [1.29, 1.82) is 5.26 Å². The van der Waals surface area contributed by atoms with Crippen LogP contribution >= 0.6 is 11.6 Å². The SMILES string of the molecule is CC(C)(CNCCCC#N)c1cc(Cl)ccc1F. The third-order valence-electron chi connectivity index (χ3n) is 2.87. The first kappa shape index (κ1) is 14.9.